The van der Waals surface area contributed by atoms with Gasteiger partial charge in [0.2, 0.25) is 0 Å². The maximum atomic E-state index is 12.8. The summed E-state index contributed by atoms with van der Waals surface area (Å²) in [6.07, 6.45) is 19.7. The molecule has 0 spiro atoms. The standard InChI is InChI=1S/C43H60N2O4/c1-8-10-11-12-16-35-25-39(40-26-44-27-42(48-6)32(5)31(40)4)36(9-2)38(41(35)29-46)17-14-13-15-33-18-19-37(30(3)24-33)34-20-22-45(23-21-34)28-43(47)49-7/h12,16,18-19,24-27,29,31-32,34,42H,8-11,13-15,17,20-23,28H2,1-7H3. The maximum absolute atomic E-state index is 12.8. The molecule has 1 fully saturated rings. The lowest BCUT2D eigenvalue weighted by Crippen LogP contribution is -2.37. The molecule has 3 atom stereocenters. The number of allylic oxidation sites excluding steroid dienone is 2. The average Bonchev–Trinajstić information content (AvgIpc) is 3.25. The van der Waals surface area contributed by atoms with Crippen molar-refractivity contribution < 1.29 is 19.1 Å². The van der Waals surface area contributed by atoms with Gasteiger partial charge in [-0.05, 0) is 140 Å². The highest BCUT2D eigenvalue weighted by Crippen LogP contribution is 2.38. The number of hydrogen-bond donors (Lipinski definition) is 0. The van der Waals surface area contributed by atoms with E-state index >= 15 is 0 Å². The van der Waals surface area contributed by atoms with Crippen molar-refractivity contribution in [3.05, 3.63) is 81.0 Å². The lowest BCUT2D eigenvalue weighted by Gasteiger charge is -2.32. The van der Waals surface area contributed by atoms with Crippen molar-refractivity contribution in [2.24, 2.45) is 16.8 Å². The smallest absolute Gasteiger partial charge is 0.319 e. The molecular formula is C43H60N2O4. The number of ether oxygens (including phenoxy) is 2. The van der Waals surface area contributed by atoms with E-state index in [0.717, 1.165) is 94.7 Å². The van der Waals surface area contributed by atoms with Crippen molar-refractivity contribution in [1.29, 1.82) is 0 Å². The zero-order valence-corrected chi connectivity index (χ0v) is 31.2. The van der Waals surface area contributed by atoms with Gasteiger partial charge in [0.05, 0.1) is 19.8 Å². The number of piperidine rings is 1. The summed E-state index contributed by atoms with van der Waals surface area (Å²) in [5, 5.41) is 0. The van der Waals surface area contributed by atoms with Crippen molar-refractivity contribution in [3.8, 4) is 0 Å². The Hall–Kier alpha value is -3.35. The van der Waals surface area contributed by atoms with Gasteiger partial charge in [-0.3, -0.25) is 19.5 Å². The van der Waals surface area contributed by atoms with Crippen molar-refractivity contribution >= 4 is 30.1 Å². The minimum Gasteiger partial charge on any atom is -0.468 e. The van der Waals surface area contributed by atoms with Crippen LogP contribution in [0.3, 0.4) is 0 Å². The molecule has 4 rings (SSSR count). The number of aliphatic imine (C=N–C) groups is 1. The average molecular weight is 669 g/mol. The first-order valence-corrected chi connectivity index (χ1v) is 18.7. The van der Waals surface area contributed by atoms with E-state index in [4.69, 9.17) is 14.5 Å². The number of benzene rings is 2. The fourth-order valence-electron chi connectivity index (χ4n) is 7.83. The molecule has 0 amide bonds. The summed E-state index contributed by atoms with van der Waals surface area (Å²) in [4.78, 5) is 31.4. The van der Waals surface area contributed by atoms with Gasteiger partial charge >= 0.3 is 5.97 Å². The third kappa shape index (κ3) is 9.88. The maximum Gasteiger partial charge on any atom is 0.319 e. The van der Waals surface area contributed by atoms with Crippen LogP contribution in [0.25, 0.3) is 11.6 Å². The molecule has 0 radical (unpaired) electrons. The van der Waals surface area contributed by atoms with Crippen LogP contribution >= 0.6 is 0 Å². The van der Waals surface area contributed by atoms with Crippen molar-refractivity contribution in [2.75, 3.05) is 33.9 Å². The summed E-state index contributed by atoms with van der Waals surface area (Å²) in [5.41, 5.74) is 11.0. The van der Waals surface area contributed by atoms with Crippen LogP contribution < -0.4 is 0 Å². The Kier molecular flexibility index (Phi) is 15.0. The molecular weight excluding hydrogens is 608 g/mol. The van der Waals surface area contributed by atoms with E-state index in [9.17, 15) is 9.59 Å². The molecule has 6 heteroatoms. The predicted molar refractivity (Wildman–Crippen MR) is 204 cm³/mol. The van der Waals surface area contributed by atoms with Crippen molar-refractivity contribution in [3.63, 3.8) is 0 Å². The van der Waals surface area contributed by atoms with Gasteiger partial charge in [-0.15, -0.1) is 0 Å². The quantitative estimate of drug-likeness (QED) is 0.101. The third-order valence-corrected chi connectivity index (χ3v) is 11.0. The number of carbonyl (C=O) groups is 2. The Labute approximate surface area is 296 Å². The highest BCUT2D eigenvalue weighted by molar-refractivity contribution is 5.88. The molecule has 2 heterocycles. The Morgan fingerprint density at radius 1 is 1.02 bits per heavy atom. The van der Waals surface area contributed by atoms with Gasteiger partial charge < -0.3 is 9.47 Å². The minimum absolute atomic E-state index is 0.0280. The molecule has 6 nitrogen and oxygen atoms in total. The van der Waals surface area contributed by atoms with Gasteiger partial charge in [-0.2, -0.15) is 0 Å². The number of methoxy groups -OCH3 is 2. The first-order chi connectivity index (χ1) is 23.8. The third-order valence-electron chi connectivity index (χ3n) is 11.0. The molecule has 0 saturated carbocycles. The number of hydrogen-bond acceptors (Lipinski definition) is 6. The highest BCUT2D eigenvalue weighted by Gasteiger charge is 2.29. The van der Waals surface area contributed by atoms with Gasteiger partial charge in [0, 0.05) is 25.1 Å². The molecule has 2 aliphatic rings. The van der Waals surface area contributed by atoms with Crippen molar-refractivity contribution in [1.82, 2.24) is 4.90 Å². The Morgan fingerprint density at radius 3 is 2.43 bits per heavy atom. The first kappa shape index (κ1) is 38.5. The Morgan fingerprint density at radius 2 is 1.78 bits per heavy atom. The van der Waals surface area contributed by atoms with Gasteiger partial charge in [0.1, 0.15) is 0 Å². The van der Waals surface area contributed by atoms with Crippen LogP contribution in [0.4, 0.5) is 0 Å². The molecule has 2 aliphatic heterocycles. The van der Waals surface area contributed by atoms with E-state index < -0.39 is 0 Å². The molecule has 49 heavy (non-hydrogen) atoms. The van der Waals surface area contributed by atoms with Gasteiger partial charge in [0.15, 0.2) is 6.29 Å². The molecule has 0 bridgehead atoms. The summed E-state index contributed by atoms with van der Waals surface area (Å²) in [6.45, 7) is 13.4. The van der Waals surface area contributed by atoms with Crippen molar-refractivity contribution in [2.45, 2.75) is 111 Å². The summed E-state index contributed by atoms with van der Waals surface area (Å²) in [6, 6.07) is 9.27. The number of rotatable bonds is 16. The van der Waals surface area contributed by atoms with Crippen LogP contribution in [0.2, 0.25) is 0 Å². The fraction of sp³-hybridized carbons (Fsp3) is 0.558. The zero-order valence-electron chi connectivity index (χ0n) is 31.2. The summed E-state index contributed by atoms with van der Waals surface area (Å²) in [5.74, 6) is 0.911. The van der Waals surface area contributed by atoms with Crippen LogP contribution in [0.15, 0.2) is 41.5 Å². The molecule has 3 unspecified atom stereocenters. The highest BCUT2D eigenvalue weighted by atomic mass is 16.5. The van der Waals surface area contributed by atoms with E-state index in [0.29, 0.717) is 12.5 Å². The lowest BCUT2D eigenvalue weighted by atomic mass is 9.78. The summed E-state index contributed by atoms with van der Waals surface area (Å²) in [7, 11) is 3.21. The number of esters is 1. The molecule has 266 valence electrons. The number of nitrogens with zero attached hydrogens (tertiary/aromatic N) is 2. The second-order valence-corrected chi connectivity index (χ2v) is 14.2. The van der Waals surface area contributed by atoms with Crippen LogP contribution in [-0.2, 0) is 33.5 Å². The second-order valence-electron chi connectivity index (χ2n) is 14.2. The monoisotopic (exact) mass is 668 g/mol. The zero-order chi connectivity index (χ0) is 35.3. The molecule has 0 aliphatic carbocycles. The van der Waals surface area contributed by atoms with E-state index in [2.05, 4.69) is 75.9 Å². The fourth-order valence-corrected chi connectivity index (χ4v) is 7.83. The molecule has 1 saturated heterocycles. The van der Waals surface area contributed by atoms with Crippen LogP contribution in [0.5, 0.6) is 0 Å². The van der Waals surface area contributed by atoms with Crippen LogP contribution in [-0.4, -0.2) is 63.3 Å². The van der Waals surface area contributed by atoms with E-state index in [1.54, 1.807) is 7.11 Å². The number of carbonyl (C=O) groups excluding carboxylic acids is 2. The normalized spacial score (nSPS) is 20.4. The number of aldehydes is 1. The molecule has 0 N–H and O–H groups in total. The van der Waals surface area contributed by atoms with Gasteiger partial charge in [-0.1, -0.05) is 70.9 Å². The number of aryl methyl sites for hydroxylation is 2. The topological polar surface area (TPSA) is 68.2 Å². The van der Waals surface area contributed by atoms with Gasteiger partial charge in [0.25, 0.3) is 0 Å². The second kappa shape index (κ2) is 19.2. The summed E-state index contributed by atoms with van der Waals surface area (Å²) >= 11 is 0. The largest absolute Gasteiger partial charge is 0.468 e. The molecule has 0 aromatic heterocycles. The number of likely N-dealkylation sites (tertiary alicyclic amines) is 1. The molecule has 2 aromatic carbocycles. The van der Waals surface area contributed by atoms with Crippen LogP contribution in [0.1, 0.15) is 128 Å². The SMILES string of the molecule is CCCCC=Cc1cc(C2=CN=CC(OC)C(C)C2C)c(CC)c(CCCCc2ccc(C3CCN(CC(=O)OC)CC3)c(C)c2)c1C=O. The summed E-state index contributed by atoms with van der Waals surface area (Å²) < 4.78 is 10.6. The predicted octanol–water partition coefficient (Wildman–Crippen LogP) is 9.20. The molecule has 2 aromatic rings. The number of unbranched alkanes of at least 4 members (excludes halogenated alkanes) is 3. The lowest BCUT2D eigenvalue weighted by molar-refractivity contribution is -0.142. The Balaban J connectivity index is 1.51. The van der Waals surface area contributed by atoms with E-state index in [1.807, 2.05) is 12.4 Å². The first-order valence-electron chi connectivity index (χ1n) is 18.7. The minimum atomic E-state index is -0.156. The van der Waals surface area contributed by atoms with E-state index in [-0.39, 0.29) is 23.9 Å². The van der Waals surface area contributed by atoms with Crippen LogP contribution in [0, 0.1) is 18.8 Å². The van der Waals surface area contributed by atoms with Gasteiger partial charge in [-0.25, -0.2) is 0 Å². The Bertz CT molecular complexity index is 1500. The van der Waals surface area contributed by atoms with E-state index in [1.165, 1.54) is 46.1 Å².